The predicted octanol–water partition coefficient (Wildman–Crippen LogP) is 5.98. The van der Waals surface area contributed by atoms with Gasteiger partial charge in [-0.2, -0.15) is 0 Å². The van der Waals surface area contributed by atoms with Gasteiger partial charge in [0, 0.05) is 23.8 Å². The number of fused-ring (bicyclic) bond motifs is 2. The average molecular weight is 718 g/mol. The molecule has 5 atom stereocenters. The van der Waals surface area contributed by atoms with Crippen LogP contribution in [0.25, 0.3) is 0 Å². The zero-order chi connectivity index (χ0) is 36.5. The second-order valence-electron chi connectivity index (χ2n) is 13.7. The van der Waals surface area contributed by atoms with Crippen LogP contribution in [0.15, 0.2) is 94.6 Å². The van der Waals surface area contributed by atoms with E-state index < -0.39 is 49.2 Å². The zero-order valence-corrected chi connectivity index (χ0v) is 31.4. The van der Waals surface area contributed by atoms with Gasteiger partial charge in [0.15, 0.2) is 6.23 Å². The lowest BCUT2D eigenvalue weighted by Gasteiger charge is -2.41. The molecule has 1 aromatic heterocycles. The van der Waals surface area contributed by atoms with Gasteiger partial charge in [0.1, 0.15) is 43.2 Å². The summed E-state index contributed by atoms with van der Waals surface area (Å²) in [4.78, 5) is 28.0. The first-order valence-corrected chi connectivity index (χ1v) is 18.9. The molecule has 0 amide bonds. The van der Waals surface area contributed by atoms with Crippen molar-refractivity contribution in [3.63, 3.8) is 0 Å². The van der Waals surface area contributed by atoms with Crippen LogP contribution in [0.2, 0.25) is 0 Å². The van der Waals surface area contributed by atoms with Crippen molar-refractivity contribution in [2.24, 2.45) is 0 Å². The molecule has 2 aliphatic heterocycles. The summed E-state index contributed by atoms with van der Waals surface area (Å²) in [5.41, 5.74) is -0.244. The highest BCUT2D eigenvalue weighted by Gasteiger charge is 2.65. The number of nitrogens with zero attached hydrogens (tertiary/aromatic N) is 2. The minimum Gasteiger partial charge on any atom is -0.497 e. The molecule has 11 nitrogen and oxygen atoms in total. The number of ether oxygens (including phenoxy) is 5. The number of rotatable bonds is 14. The van der Waals surface area contributed by atoms with Crippen LogP contribution in [0.4, 0.5) is 0 Å². The van der Waals surface area contributed by atoms with E-state index in [1.54, 1.807) is 21.1 Å². The number of nitrogens with one attached hydrogen (secondary N) is 1. The Kier molecular flexibility index (Phi) is 10.9. The molecule has 2 bridgehead atoms. The summed E-state index contributed by atoms with van der Waals surface area (Å²) in [7, 11) is 2.16. The molecule has 2 aliphatic rings. The zero-order valence-electron chi connectivity index (χ0n) is 30.5. The third-order valence-corrected chi connectivity index (χ3v) is 11.9. The van der Waals surface area contributed by atoms with Crippen LogP contribution in [0.5, 0.6) is 11.5 Å². The minimum absolute atomic E-state index is 0.0429. The Bertz CT molecular complexity index is 1840. The summed E-state index contributed by atoms with van der Waals surface area (Å²) in [6.45, 7) is 12.6. The van der Waals surface area contributed by atoms with Crippen molar-refractivity contribution in [1.29, 1.82) is 0 Å². The summed E-state index contributed by atoms with van der Waals surface area (Å²) < 4.78 is 42.6. The Hall–Kier alpha value is -3.83. The lowest BCUT2D eigenvalue weighted by Crippen LogP contribution is -2.49. The molecule has 12 heteroatoms. The fourth-order valence-corrected chi connectivity index (χ4v) is 9.47. The van der Waals surface area contributed by atoms with Crippen LogP contribution in [-0.2, 0) is 24.3 Å². The molecule has 1 N–H and O–H groups in total. The van der Waals surface area contributed by atoms with Gasteiger partial charge in [-0.1, -0.05) is 54.6 Å². The van der Waals surface area contributed by atoms with Crippen molar-refractivity contribution in [3.8, 4) is 11.5 Å². The lowest BCUT2D eigenvalue weighted by molar-refractivity contribution is -0.203. The molecule has 1 unspecified atom stereocenters. The van der Waals surface area contributed by atoms with Crippen LogP contribution in [-0.4, -0.2) is 78.2 Å². The van der Waals surface area contributed by atoms with Crippen LogP contribution in [0, 0.1) is 6.92 Å². The number of aromatic nitrogens is 2. The van der Waals surface area contributed by atoms with Crippen molar-refractivity contribution < 1.29 is 28.2 Å². The number of hydrogen-bond donors (Lipinski definition) is 1. The lowest BCUT2D eigenvalue weighted by atomic mass is 9.79. The average Bonchev–Trinajstić information content (AvgIpc) is 3.61. The third kappa shape index (κ3) is 6.91. The summed E-state index contributed by atoms with van der Waals surface area (Å²) >= 11 is 0. The smallest absolute Gasteiger partial charge is 0.330 e. The Morgan fingerprint density at radius 3 is 1.98 bits per heavy atom. The molecule has 3 heterocycles. The van der Waals surface area contributed by atoms with Gasteiger partial charge in [-0.05, 0) is 82.2 Å². The van der Waals surface area contributed by atoms with Gasteiger partial charge in [0.25, 0.3) is 5.56 Å². The number of aromatic amines is 1. The first kappa shape index (κ1) is 36.9. The largest absolute Gasteiger partial charge is 0.497 e. The first-order valence-electron chi connectivity index (χ1n) is 17.2. The van der Waals surface area contributed by atoms with Crippen molar-refractivity contribution >= 4 is 8.30 Å². The first-order chi connectivity index (χ1) is 24.4. The number of benzene rings is 3. The quantitative estimate of drug-likeness (QED) is 0.124. The summed E-state index contributed by atoms with van der Waals surface area (Å²) in [6.07, 6.45) is -0.583. The molecule has 3 aromatic carbocycles. The molecule has 51 heavy (non-hydrogen) atoms. The standard InChI is InChI=1S/C39H48N3O8P/c1-25(2)42(26(3)4)51(8)50-34-33-36(41-22-27(5)35(43)40-37(41)44)49-38(34,23-47-33)24-48-39(28-12-10-9-11-13-28,29-14-18-31(45-6)19-15-29)30-16-20-32(46-7)21-17-30/h9-22,25-26,33-34,36H,23-24H2,1-8H3,(H,40,43,44)/t33-,34+,36-,38-,51?/m1/s1. The molecule has 2 fully saturated rings. The van der Waals surface area contributed by atoms with Crippen molar-refractivity contribution in [2.75, 3.05) is 34.1 Å². The maximum absolute atomic E-state index is 13.2. The van der Waals surface area contributed by atoms with Crippen LogP contribution in [0.1, 0.15) is 56.2 Å². The van der Waals surface area contributed by atoms with E-state index in [0.717, 1.165) is 16.7 Å². The van der Waals surface area contributed by atoms with Gasteiger partial charge in [-0.3, -0.25) is 19.0 Å². The fourth-order valence-electron chi connectivity index (χ4n) is 7.42. The van der Waals surface area contributed by atoms with E-state index in [1.807, 2.05) is 78.9 Å². The maximum Gasteiger partial charge on any atom is 0.330 e. The molecular weight excluding hydrogens is 669 g/mol. The molecule has 6 rings (SSSR count). The van der Waals surface area contributed by atoms with Crippen molar-refractivity contribution in [2.45, 2.75) is 76.3 Å². The molecular formula is C39H48N3O8P. The summed E-state index contributed by atoms with van der Waals surface area (Å²) in [5, 5.41) is 0. The van der Waals surface area contributed by atoms with Gasteiger partial charge in [-0.25, -0.2) is 4.79 Å². The van der Waals surface area contributed by atoms with Gasteiger partial charge in [0.2, 0.25) is 0 Å². The second-order valence-corrected chi connectivity index (χ2v) is 15.3. The highest BCUT2D eigenvalue weighted by Crippen LogP contribution is 2.54. The van der Waals surface area contributed by atoms with Crippen molar-refractivity contribution in [3.05, 3.63) is 128 Å². The molecule has 0 radical (unpaired) electrons. The van der Waals surface area contributed by atoms with E-state index in [4.69, 9.17) is 28.2 Å². The summed E-state index contributed by atoms with van der Waals surface area (Å²) in [6, 6.07) is 26.2. The van der Waals surface area contributed by atoms with Gasteiger partial charge in [-0.15, -0.1) is 0 Å². The Balaban J connectivity index is 1.48. The van der Waals surface area contributed by atoms with E-state index in [1.165, 1.54) is 10.8 Å². The Morgan fingerprint density at radius 2 is 1.45 bits per heavy atom. The number of aryl methyl sites for hydroxylation is 1. The van der Waals surface area contributed by atoms with E-state index in [0.29, 0.717) is 17.1 Å². The summed E-state index contributed by atoms with van der Waals surface area (Å²) in [5.74, 6) is 1.43. The van der Waals surface area contributed by atoms with Gasteiger partial charge >= 0.3 is 5.69 Å². The molecule has 2 saturated heterocycles. The molecule has 0 saturated carbocycles. The monoisotopic (exact) mass is 717 g/mol. The van der Waals surface area contributed by atoms with E-state index in [2.05, 4.69) is 44.0 Å². The number of H-pyrrole nitrogens is 1. The highest BCUT2D eigenvalue weighted by atomic mass is 31.2. The van der Waals surface area contributed by atoms with E-state index in [-0.39, 0.29) is 25.3 Å². The fraction of sp³-hybridized carbons (Fsp3) is 0.436. The van der Waals surface area contributed by atoms with Gasteiger partial charge < -0.3 is 28.2 Å². The third-order valence-electron chi connectivity index (χ3n) is 9.75. The normalized spacial score (nSPS) is 22.2. The van der Waals surface area contributed by atoms with E-state index >= 15 is 0 Å². The highest BCUT2D eigenvalue weighted by molar-refractivity contribution is 7.49. The molecule has 0 aliphatic carbocycles. The maximum atomic E-state index is 13.2. The minimum atomic E-state index is -1.12. The predicted molar refractivity (Wildman–Crippen MR) is 197 cm³/mol. The van der Waals surface area contributed by atoms with E-state index in [9.17, 15) is 9.59 Å². The van der Waals surface area contributed by atoms with Crippen LogP contribution < -0.4 is 20.7 Å². The van der Waals surface area contributed by atoms with Crippen LogP contribution in [0.3, 0.4) is 0 Å². The molecule has 272 valence electrons. The Labute approximate surface area is 300 Å². The molecule has 0 spiro atoms. The SMILES string of the molecule is COc1ccc(C(OC[C@@]23CO[C@@H]([C@H](n4cc(C)c(=O)[nH]c4=O)O2)[C@@H]3OP(C)N(C(C)C)C(C)C)(c2ccccc2)c2ccc(OC)cc2)cc1. The Morgan fingerprint density at radius 1 is 0.902 bits per heavy atom. The van der Waals surface area contributed by atoms with Gasteiger partial charge in [0.05, 0.1) is 27.4 Å². The second kappa shape index (κ2) is 15.0. The van der Waals surface area contributed by atoms with Crippen molar-refractivity contribution in [1.82, 2.24) is 14.2 Å². The molecule has 4 aromatic rings. The number of hydrogen-bond acceptors (Lipinski definition) is 9. The topological polar surface area (TPSA) is 113 Å². The number of methoxy groups -OCH3 is 2. The van der Waals surface area contributed by atoms with Crippen LogP contribution >= 0.6 is 8.30 Å².